The third kappa shape index (κ3) is 3.67. The molecule has 0 aromatic carbocycles. The van der Waals surface area contributed by atoms with E-state index in [1.807, 2.05) is 6.92 Å². The Kier molecular flexibility index (Phi) is 4.60. The zero-order chi connectivity index (χ0) is 19.0. The number of alkyl halides is 1. The molecule has 0 radical (unpaired) electrons. The van der Waals surface area contributed by atoms with Gasteiger partial charge in [0.25, 0.3) is 0 Å². The lowest BCUT2D eigenvalue weighted by atomic mass is 10.2. The van der Waals surface area contributed by atoms with E-state index < -0.39 is 4.51 Å². The molecule has 0 spiro atoms. The van der Waals surface area contributed by atoms with E-state index in [4.69, 9.17) is 16.3 Å². The van der Waals surface area contributed by atoms with Crippen LogP contribution in [0, 0.1) is 0 Å². The summed E-state index contributed by atoms with van der Waals surface area (Å²) in [5.74, 6) is 1.02. The Labute approximate surface area is 168 Å². The molecule has 2 aliphatic heterocycles. The second-order valence-electron chi connectivity index (χ2n) is 6.22. The average Bonchev–Trinajstić information content (AvgIpc) is 3.14. The van der Waals surface area contributed by atoms with Crippen molar-refractivity contribution in [1.82, 2.24) is 25.3 Å². The number of hydrogen-bond acceptors (Lipinski definition) is 6. The smallest absolute Gasteiger partial charge is 0.322 e. The molecule has 140 valence electrons. The molecule has 0 saturated heterocycles. The Balaban J connectivity index is 1.50. The number of fused-ring (bicyclic) bond motifs is 1. The van der Waals surface area contributed by atoms with Crippen LogP contribution in [-0.2, 0) is 0 Å². The first-order valence-electron chi connectivity index (χ1n) is 8.12. The molecule has 1 unspecified atom stereocenters. The maximum Gasteiger partial charge on any atom is 0.322 e. The summed E-state index contributed by atoms with van der Waals surface area (Å²) in [4.78, 5) is 24.2. The van der Waals surface area contributed by atoms with Crippen molar-refractivity contribution in [1.29, 1.82) is 0 Å². The summed E-state index contributed by atoms with van der Waals surface area (Å²) in [6.07, 6.45) is 8.32. The van der Waals surface area contributed by atoms with Crippen LogP contribution in [0.25, 0.3) is 5.82 Å². The van der Waals surface area contributed by atoms with Gasteiger partial charge in [0.1, 0.15) is 11.4 Å². The topological polar surface area (TPSA) is 97.5 Å². The van der Waals surface area contributed by atoms with Crippen LogP contribution in [0.15, 0.2) is 40.9 Å². The number of carbonyl (C=O) groups is 1. The molecule has 9 nitrogen and oxygen atoms in total. The number of carbonyl (C=O) groups excluding carboxylic acids is 1. The van der Waals surface area contributed by atoms with Crippen LogP contribution < -0.4 is 15.0 Å². The molecule has 2 aromatic heterocycles. The Hall–Kier alpha value is -2.46. The predicted molar refractivity (Wildman–Crippen MR) is 104 cm³/mol. The number of nitrogens with zero attached hydrogens (tertiary/aromatic N) is 6. The van der Waals surface area contributed by atoms with Crippen molar-refractivity contribution >= 4 is 51.3 Å². The molecule has 11 heteroatoms. The molecule has 0 aliphatic carbocycles. The van der Waals surface area contributed by atoms with Crippen LogP contribution in [0.2, 0.25) is 0 Å². The Bertz CT molecular complexity index is 929. The highest BCUT2D eigenvalue weighted by atomic mass is 79.9. The summed E-state index contributed by atoms with van der Waals surface area (Å²) in [5, 5.41) is 11.4. The number of anilines is 1. The van der Waals surface area contributed by atoms with E-state index in [0.29, 0.717) is 35.3 Å². The van der Waals surface area contributed by atoms with Crippen molar-refractivity contribution in [2.45, 2.75) is 23.9 Å². The van der Waals surface area contributed by atoms with Gasteiger partial charge in [-0.15, -0.1) is 4.80 Å². The van der Waals surface area contributed by atoms with Crippen molar-refractivity contribution in [3.05, 3.63) is 35.9 Å². The third-order valence-corrected chi connectivity index (χ3v) is 4.73. The maximum absolute atomic E-state index is 12.9. The highest BCUT2D eigenvalue weighted by molar-refractivity contribution is 9.10. The fraction of sp³-hybridized carbons (Fsp3) is 0.312. The molecule has 2 atom stereocenters. The molecule has 0 saturated carbocycles. The number of halogens is 2. The monoisotopic (exact) mass is 451 g/mol. The molecule has 4 rings (SSSR count). The molecule has 4 heterocycles. The van der Waals surface area contributed by atoms with E-state index in [2.05, 4.69) is 41.4 Å². The highest BCUT2D eigenvalue weighted by Crippen LogP contribution is 2.38. The van der Waals surface area contributed by atoms with Crippen LogP contribution in [0.5, 0.6) is 5.75 Å². The van der Waals surface area contributed by atoms with Crippen molar-refractivity contribution in [3.8, 4) is 5.75 Å². The fourth-order valence-electron chi connectivity index (χ4n) is 2.85. The number of hydrogen-bond donors (Lipinski definition) is 1. The summed E-state index contributed by atoms with van der Waals surface area (Å²) >= 11 is 9.83. The molecular weight excluding hydrogens is 438 g/mol. The summed E-state index contributed by atoms with van der Waals surface area (Å²) < 4.78 is 5.15. The summed E-state index contributed by atoms with van der Waals surface area (Å²) in [5.41, 5.74) is 0.600. The van der Waals surface area contributed by atoms with E-state index in [1.165, 1.54) is 4.80 Å². The van der Waals surface area contributed by atoms with Crippen molar-refractivity contribution < 1.29 is 9.53 Å². The van der Waals surface area contributed by atoms with Gasteiger partial charge in [-0.3, -0.25) is 9.88 Å². The molecule has 27 heavy (non-hydrogen) atoms. The zero-order valence-corrected chi connectivity index (χ0v) is 16.6. The second kappa shape index (κ2) is 6.93. The molecule has 2 amide bonds. The van der Waals surface area contributed by atoms with Gasteiger partial charge < -0.3 is 10.1 Å². The Morgan fingerprint density at radius 3 is 2.93 bits per heavy atom. The highest BCUT2D eigenvalue weighted by Gasteiger charge is 2.37. The number of urea groups is 1. The number of ether oxygens (including phenoxy) is 1. The summed E-state index contributed by atoms with van der Waals surface area (Å²) in [7, 11) is 0. The average molecular weight is 453 g/mol. The van der Waals surface area contributed by atoms with Gasteiger partial charge in [-0.1, -0.05) is 11.6 Å². The van der Waals surface area contributed by atoms with Gasteiger partial charge in [-0.25, -0.2) is 9.79 Å². The lowest BCUT2D eigenvalue weighted by Crippen LogP contribution is -2.53. The first-order chi connectivity index (χ1) is 12.9. The number of aromatic nitrogens is 4. The van der Waals surface area contributed by atoms with Gasteiger partial charge in [0, 0.05) is 24.9 Å². The van der Waals surface area contributed by atoms with Gasteiger partial charge in [0.15, 0.2) is 10.3 Å². The summed E-state index contributed by atoms with van der Waals surface area (Å²) in [6, 6.07) is 1.08. The number of pyridine rings is 1. The van der Waals surface area contributed by atoms with Crippen LogP contribution >= 0.6 is 27.5 Å². The minimum absolute atomic E-state index is 0.292. The van der Waals surface area contributed by atoms with Gasteiger partial charge >= 0.3 is 6.03 Å². The fourth-order valence-corrected chi connectivity index (χ4v) is 3.57. The van der Waals surface area contributed by atoms with Crippen LogP contribution in [0.1, 0.15) is 13.3 Å². The Morgan fingerprint density at radius 2 is 2.19 bits per heavy atom. The Morgan fingerprint density at radius 1 is 1.41 bits per heavy atom. The van der Waals surface area contributed by atoms with Crippen LogP contribution in [-0.4, -0.2) is 49.3 Å². The summed E-state index contributed by atoms with van der Waals surface area (Å²) in [6.45, 7) is 2.16. The normalized spacial score (nSPS) is 24.4. The lowest BCUT2D eigenvalue weighted by molar-refractivity contribution is 0.182. The number of aliphatic imine (C=N–C) groups is 1. The minimum atomic E-state index is -0.699. The van der Waals surface area contributed by atoms with Crippen molar-refractivity contribution in [3.63, 3.8) is 0 Å². The minimum Gasteiger partial charge on any atom is -0.472 e. The molecule has 0 fully saturated rings. The van der Waals surface area contributed by atoms with E-state index in [-0.39, 0.29) is 12.1 Å². The largest absolute Gasteiger partial charge is 0.472 e. The second-order valence-corrected chi connectivity index (χ2v) is 8.35. The van der Waals surface area contributed by atoms with Crippen LogP contribution in [0.4, 0.5) is 10.5 Å². The predicted octanol–water partition coefficient (Wildman–Crippen LogP) is 2.60. The first kappa shape index (κ1) is 17.9. The first-order valence-corrected chi connectivity index (χ1v) is 9.29. The number of rotatable bonds is 2. The third-order valence-electron chi connectivity index (χ3n) is 4.00. The standard InChI is InChI=1S/C16H15BrClN7O2/c1-16(17)9-24(12-8-19-3-2-13(12)27-16)15(26)23-10-6-11(18)14(20-7-10)25-21-4-5-22-25/h2-5,7-8,10H,6,9H2,1H3,(H,23,26)/t10?,16-/m1/s1. The molecule has 0 bridgehead atoms. The quantitative estimate of drug-likeness (QED) is 0.706. The van der Waals surface area contributed by atoms with Crippen molar-refractivity contribution in [2.24, 2.45) is 4.99 Å². The number of amides is 2. The molecule has 1 N–H and O–H groups in total. The van der Waals surface area contributed by atoms with Crippen LogP contribution in [0.3, 0.4) is 0 Å². The van der Waals surface area contributed by atoms with Gasteiger partial charge in [-0.2, -0.15) is 10.2 Å². The van der Waals surface area contributed by atoms with E-state index in [0.717, 1.165) is 0 Å². The van der Waals surface area contributed by atoms with E-state index in [1.54, 1.807) is 42.0 Å². The maximum atomic E-state index is 12.9. The van der Waals surface area contributed by atoms with E-state index in [9.17, 15) is 4.79 Å². The molecule has 2 aromatic rings. The lowest BCUT2D eigenvalue weighted by Gasteiger charge is -2.38. The van der Waals surface area contributed by atoms with E-state index >= 15 is 0 Å². The molecular formula is C16H15BrClN7O2. The van der Waals surface area contributed by atoms with Gasteiger partial charge in [-0.05, 0) is 22.9 Å². The SMILES string of the molecule is C[C@]1(Br)CN(C(=O)NC2C=NC(n3nccn3)=C(Cl)C2)c2cnccc2O1. The molecule has 2 aliphatic rings. The number of nitrogens with one attached hydrogen (secondary N) is 1. The van der Waals surface area contributed by atoms with Gasteiger partial charge in [0.05, 0.1) is 36.2 Å². The van der Waals surface area contributed by atoms with Gasteiger partial charge in [0.2, 0.25) is 0 Å². The van der Waals surface area contributed by atoms with Crippen molar-refractivity contribution in [2.75, 3.05) is 11.4 Å². The zero-order valence-electron chi connectivity index (χ0n) is 14.2.